The molecule has 2 saturated heterocycles. The van der Waals surface area contributed by atoms with E-state index in [1.807, 2.05) is 0 Å². The molecular formula is C15H27N3O. The molecule has 0 aromatic rings. The lowest BCUT2D eigenvalue weighted by molar-refractivity contribution is -0.123. The molecule has 2 aliphatic heterocycles. The van der Waals surface area contributed by atoms with Crippen molar-refractivity contribution in [2.24, 2.45) is 5.73 Å². The van der Waals surface area contributed by atoms with Crippen molar-refractivity contribution >= 4 is 5.91 Å². The van der Waals surface area contributed by atoms with Gasteiger partial charge in [0.1, 0.15) is 0 Å². The second-order valence-corrected chi connectivity index (χ2v) is 6.11. The SMILES string of the molecule is CC(C)=CCN1CCC(N2CCC[C@H]2C(N)=O)CC1. The van der Waals surface area contributed by atoms with Gasteiger partial charge in [-0.3, -0.25) is 14.6 Å². The highest BCUT2D eigenvalue weighted by Crippen LogP contribution is 2.25. The summed E-state index contributed by atoms with van der Waals surface area (Å²) in [6.07, 6.45) is 6.70. The van der Waals surface area contributed by atoms with E-state index in [4.69, 9.17) is 5.73 Å². The molecule has 2 rings (SSSR count). The Morgan fingerprint density at radius 2 is 1.89 bits per heavy atom. The van der Waals surface area contributed by atoms with Crippen LogP contribution in [0.4, 0.5) is 0 Å². The Bertz CT molecular complexity index is 341. The zero-order valence-corrected chi connectivity index (χ0v) is 12.3. The minimum Gasteiger partial charge on any atom is -0.368 e. The second kappa shape index (κ2) is 6.53. The van der Waals surface area contributed by atoms with Gasteiger partial charge >= 0.3 is 0 Å². The molecule has 19 heavy (non-hydrogen) atoms. The average molecular weight is 265 g/mol. The molecule has 0 unspecified atom stereocenters. The average Bonchev–Trinajstić information content (AvgIpc) is 2.86. The van der Waals surface area contributed by atoms with Gasteiger partial charge in [0.2, 0.25) is 5.91 Å². The number of hydrogen-bond acceptors (Lipinski definition) is 3. The number of nitrogens with zero attached hydrogens (tertiary/aromatic N) is 2. The van der Waals surface area contributed by atoms with E-state index in [0.29, 0.717) is 6.04 Å². The fraction of sp³-hybridized carbons (Fsp3) is 0.800. The van der Waals surface area contributed by atoms with E-state index in [-0.39, 0.29) is 11.9 Å². The lowest BCUT2D eigenvalue weighted by Crippen LogP contribution is -2.50. The summed E-state index contributed by atoms with van der Waals surface area (Å²) >= 11 is 0. The summed E-state index contributed by atoms with van der Waals surface area (Å²) in [6, 6.07) is 0.553. The van der Waals surface area contributed by atoms with Crippen LogP contribution in [-0.2, 0) is 4.79 Å². The maximum atomic E-state index is 11.5. The van der Waals surface area contributed by atoms with Gasteiger partial charge in [-0.25, -0.2) is 0 Å². The van der Waals surface area contributed by atoms with Crippen LogP contribution in [0.3, 0.4) is 0 Å². The highest BCUT2D eigenvalue weighted by Gasteiger charge is 2.35. The third kappa shape index (κ3) is 3.80. The van der Waals surface area contributed by atoms with Crippen LogP contribution in [-0.4, -0.2) is 54.0 Å². The Morgan fingerprint density at radius 3 is 2.47 bits per heavy atom. The molecular weight excluding hydrogens is 238 g/mol. The lowest BCUT2D eigenvalue weighted by Gasteiger charge is -2.38. The van der Waals surface area contributed by atoms with Gasteiger partial charge in [0, 0.05) is 12.6 Å². The molecule has 0 radical (unpaired) electrons. The van der Waals surface area contributed by atoms with Crippen LogP contribution in [0.1, 0.15) is 39.5 Å². The van der Waals surface area contributed by atoms with Gasteiger partial charge in [-0.1, -0.05) is 11.6 Å². The number of amides is 1. The van der Waals surface area contributed by atoms with E-state index < -0.39 is 0 Å². The summed E-state index contributed by atoms with van der Waals surface area (Å²) < 4.78 is 0. The molecule has 0 aromatic carbocycles. The van der Waals surface area contributed by atoms with Gasteiger partial charge in [-0.05, 0) is 59.2 Å². The van der Waals surface area contributed by atoms with E-state index in [9.17, 15) is 4.79 Å². The van der Waals surface area contributed by atoms with Crippen molar-refractivity contribution < 1.29 is 4.79 Å². The van der Waals surface area contributed by atoms with E-state index in [2.05, 4.69) is 29.7 Å². The van der Waals surface area contributed by atoms with Gasteiger partial charge < -0.3 is 5.73 Å². The van der Waals surface area contributed by atoms with Gasteiger partial charge in [0.25, 0.3) is 0 Å². The summed E-state index contributed by atoms with van der Waals surface area (Å²) in [4.78, 5) is 16.3. The first-order chi connectivity index (χ1) is 9.08. The number of allylic oxidation sites excluding steroid dienone is 1. The third-order valence-electron chi connectivity index (χ3n) is 4.41. The van der Waals surface area contributed by atoms with Gasteiger partial charge in [0.15, 0.2) is 0 Å². The summed E-state index contributed by atoms with van der Waals surface area (Å²) in [7, 11) is 0. The standard InChI is InChI=1S/C15H27N3O/c1-12(2)5-9-17-10-6-13(7-11-17)18-8-3-4-14(18)15(16)19/h5,13-14H,3-4,6-11H2,1-2H3,(H2,16,19)/t14-/m0/s1. The first-order valence-corrected chi connectivity index (χ1v) is 7.48. The third-order valence-corrected chi connectivity index (χ3v) is 4.41. The predicted octanol–water partition coefficient (Wildman–Crippen LogP) is 1.37. The van der Waals surface area contributed by atoms with Crippen molar-refractivity contribution in [3.05, 3.63) is 11.6 Å². The molecule has 4 nitrogen and oxygen atoms in total. The normalized spacial score (nSPS) is 26.5. The minimum absolute atomic E-state index is 0.00525. The topological polar surface area (TPSA) is 49.6 Å². The first-order valence-electron chi connectivity index (χ1n) is 7.48. The van der Waals surface area contributed by atoms with Crippen molar-refractivity contribution in [3.63, 3.8) is 0 Å². The number of nitrogens with two attached hydrogens (primary N) is 1. The van der Waals surface area contributed by atoms with Crippen molar-refractivity contribution in [1.82, 2.24) is 9.80 Å². The molecule has 0 aromatic heterocycles. The fourth-order valence-corrected chi connectivity index (χ4v) is 3.28. The van der Waals surface area contributed by atoms with E-state index in [0.717, 1.165) is 39.0 Å². The quantitative estimate of drug-likeness (QED) is 0.781. The number of rotatable bonds is 4. The molecule has 2 N–H and O–H groups in total. The van der Waals surface area contributed by atoms with Crippen molar-refractivity contribution in [2.75, 3.05) is 26.2 Å². The Balaban J connectivity index is 1.83. The van der Waals surface area contributed by atoms with E-state index in [1.165, 1.54) is 18.4 Å². The smallest absolute Gasteiger partial charge is 0.234 e. The minimum atomic E-state index is -0.135. The van der Waals surface area contributed by atoms with Crippen LogP contribution in [0.25, 0.3) is 0 Å². The molecule has 1 atom stereocenters. The summed E-state index contributed by atoms with van der Waals surface area (Å²) in [6.45, 7) is 8.68. The second-order valence-electron chi connectivity index (χ2n) is 6.11. The molecule has 0 saturated carbocycles. The lowest BCUT2D eigenvalue weighted by atomic mass is 10.0. The number of carbonyl (C=O) groups excluding carboxylic acids is 1. The number of hydrogen-bond donors (Lipinski definition) is 1. The molecule has 2 aliphatic rings. The zero-order valence-electron chi connectivity index (χ0n) is 12.3. The number of likely N-dealkylation sites (tertiary alicyclic amines) is 2. The van der Waals surface area contributed by atoms with Crippen LogP contribution in [0, 0.1) is 0 Å². The van der Waals surface area contributed by atoms with Crippen molar-refractivity contribution in [1.29, 1.82) is 0 Å². The maximum Gasteiger partial charge on any atom is 0.234 e. The molecule has 0 spiro atoms. The summed E-state index contributed by atoms with van der Waals surface area (Å²) in [5.41, 5.74) is 6.89. The molecule has 0 aliphatic carbocycles. The van der Waals surface area contributed by atoms with Gasteiger partial charge in [-0.15, -0.1) is 0 Å². The van der Waals surface area contributed by atoms with E-state index >= 15 is 0 Å². The monoisotopic (exact) mass is 265 g/mol. The summed E-state index contributed by atoms with van der Waals surface area (Å²) in [5.74, 6) is -0.135. The zero-order chi connectivity index (χ0) is 13.8. The van der Waals surface area contributed by atoms with E-state index in [1.54, 1.807) is 0 Å². The molecule has 4 heteroatoms. The van der Waals surface area contributed by atoms with Crippen LogP contribution < -0.4 is 5.73 Å². The largest absolute Gasteiger partial charge is 0.368 e. The number of piperidine rings is 1. The van der Waals surface area contributed by atoms with Crippen LogP contribution in [0.5, 0.6) is 0 Å². The van der Waals surface area contributed by atoms with Crippen molar-refractivity contribution in [3.8, 4) is 0 Å². The Kier molecular flexibility index (Phi) is 4.99. The molecule has 0 bridgehead atoms. The van der Waals surface area contributed by atoms with Crippen LogP contribution in [0.2, 0.25) is 0 Å². The van der Waals surface area contributed by atoms with Gasteiger partial charge in [-0.2, -0.15) is 0 Å². The Labute approximate surface area is 116 Å². The van der Waals surface area contributed by atoms with Crippen LogP contribution >= 0.6 is 0 Å². The predicted molar refractivity (Wildman–Crippen MR) is 77.8 cm³/mol. The molecule has 2 fully saturated rings. The molecule has 108 valence electrons. The first kappa shape index (κ1) is 14.5. The maximum absolute atomic E-state index is 11.5. The Hall–Kier alpha value is -0.870. The molecule has 2 heterocycles. The van der Waals surface area contributed by atoms with Crippen LogP contribution in [0.15, 0.2) is 11.6 Å². The fourth-order valence-electron chi connectivity index (χ4n) is 3.28. The summed E-state index contributed by atoms with van der Waals surface area (Å²) in [5, 5.41) is 0. The Morgan fingerprint density at radius 1 is 1.21 bits per heavy atom. The van der Waals surface area contributed by atoms with Gasteiger partial charge in [0.05, 0.1) is 6.04 Å². The number of carbonyl (C=O) groups is 1. The number of primary amides is 1. The highest BCUT2D eigenvalue weighted by molar-refractivity contribution is 5.80. The van der Waals surface area contributed by atoms with Crippen molar-refractivity contribution in [2.45, 2.75) is 51.6 Å². The highest BCUT2D eigenvalue weighted by atomic mass is 16.1. The molecule has 1 amide bonds.